The van der Waals surface area contributed by atoms with Crippen LogP contribution >= 0.6 is 0 Å². The first-order valence-corrected chi connectivity index (χ1v) is 4.96. The number of aliphatic hydroxyl groups is 3. The highest BCUT2D eigenvalue weighted by Gasteiger charge is 2.45. The number of rotatable bonds is 6. The van der Waals surface area contributed by atoms with Crippen LogP contribution in [-0.4, -0.2) is 62.6 Å². The number of aliphatic carboxylic acids is 1. The summed E-state index contributed by atoms with van der Waals surface area (Å²) in [6.45, 7) is 2.17. The number of nitrogens with zero attached hydrogens (tertiary/aromatic N) is 1. The second-order valence-corrected chi connectivity index (χ2v) is 4.00. The molecule has 0 aromatic heterocycles. The third-order valence-electron chi connectivity index (χ3n) is 2.27. The average molecular weight is 263 g/mol. The number of carbonyl (C=O) groups excluding carboxylic acids is 1. The summed E-state index contributed by atoms with van der Waals surface area (Å²) in [5.41, 5.74) is -1.57. The molecule has 18 heavy (non-hydrogen) atoms. The van der Waals surface area contributed by atoms with Gasteiger partial charge in [-0.1, -0.05) is 6.08 Å². The summed E-state index contributed by atoms with van der Waals surface area (Å²) in [5, 5.41) is 35.9. The Morgan fingerprint density at radius 3 is 2.11 bits per heavy atom. The molecule has 0 rings (SSSR count). The van der Waals surface area contributed by atoms with Crippen molar-refractivity contribution in [2.75, 3.05) is 13.7 Å². The largest absolute Gasteiger partial charge is 0.478 e. The number of ether oxygens (including phenoxy) is 1. The Morgan fingerprint density at radius 1 is 1.28 bits per heavy atom. The minimum absolute atomic E-state index is 0.391. The molecular formula is C10H17NO7. The number of methoxy groups -OCH3 is 1. The number of esters is 1. The molecule has 0 aliphatic rings. The van der Waals surface area contributed by atoms with Crippen molar-refractivity contribution in [1.82, 2.24) is 4.90 Å². The molecule has 104 valence electrons. The number of hydrogen-bond donors (Lipinski definition) is 4. The van der Waals surface area contributed by atoms with E-state index in [9.17, 15) is 24.9 Å². The van der Waals surface area contributed by atoms with E-state index in [4.69, 9.17) is 5.11 Å². The van der Waals surface area contributed by atoms with Gasteiger partial charge >= 0.3 is 18.0 Å². The second-order valence-electron chi connectivity index (χ2n) is 4.00. The minimum atomic E-state index is -3.29. The monoisotopic (exact) mass is 263 g/mol. The van der Waals surface area contributed by atoms with Crippen molar-refractivity contribution in [3.05, 3.63) is 12.2 Å². The summed E-state index contributed by atoms with van der Waals surface area (Å²) in [5.74, 6) is -2.07. The molecule has 0 atom stereocenters. The molecule has 0 aromatic rings. The van der Waals surface area contributed by atoms with Crippen molar-refractivity contribution < 1.29 is 34.8 Å². The maximum atomic E-state index is 11.5. The van der Waals surface area contributed by atoms with Crippen LogP contribution in [0.5, 0.6) is 0 Å². The van der Waals surface area contributed by atoms with E-state index in [1.165, 1.54) is 13.8 Å². The standard InChI is InChI=1S/C10H17NO7/c1-9(2,8(14)18-3)11(10(15,16)17)6-4-5-7(12)13/h4-5,15-17H,6H2,1-3H3,(H,12,13). The zero-order valence-electron chi connectivity index (χ0n) is 10.3. The molecule has 0 radical (unpaired) electrons. The highest BCUT2D eigenvalue weighted by atomic mass is 16.7. The van der Waals surface area contributed by atoms with Gasteiger partial charge in [-0.05, 0) is 13.8 Å². The van der Waals surface area contributed by atoms with Crippen LogP contribution in [0.2, 0.25) is 0 Å². The summed E-state index contributed by atoms with van der Waals surface area (Å²) in [6, 6.07) is 0. The van der Waals surface area contributed by atoms with Crippen LogP contribution in [0.4, 0.5) is 0 Å². The van der Waals surface area contributed by atoms with Crippen molar-refractivity contribution in [2.45, 2.75) is 25.5 Å². The molecule has 0 amide bonds. The number of hydrogen-bond acceptors (Lipinski definition) is 7. The van der Waals surface area contributed by atoms with E-state index in [0.717, 1.165) is 19.3 Å². The lowest BCUT2D eigenvalue weighted by atomic mass is 10.0. The lowest BCUT2D eigenvalue weighted by molar-refractivity contribution is -0.404. The highest BCUT2D eigenvalue weighted by Crippen LogP contribution is 2.22. The Hall–Kier alpha value is -1.48. The Kier molecular flexibility index (Phi) is 5.43. The third kappa shape index (κ3) is 4.41. The molecule has 4 N–H and O–H groups in total. The molecule has 8 nitrogen and oxygen atoms in total. The molecule has 0 aliphatic carbocycles. The van der Waals surface area contributed by atoms with Crippen molar-refractivity contribution in [1.29, 1.82) is 0 Å². The van der Waals surface area contributed by atoms with Crippen LogP contribution in [0.1, 0.15) is 13.8 Å². The van der Waals surface area contributed by atoms with E-state index in [1.54, 1.807) is 0 Å². The van der Waals surface area contributed by atoms with Crippen molar-refractivity contribution >= 4 is 11.9 Å². The van der Waals surface area contributed by atoms with Crippen molar-refractivity contribution in [2.24, 2.45) is 0 Å². The molecule has 0 saturated carbocycles. The van der Waals surface area contributed by atoms with Crippen LogP contribution in [0.15, 0.2) is 12.2 Å². The van der Waals surface area contributed by atoms with Crippen LogP contribution in [0, 0.1) is 0 Å². The fourth-order valence-electron chi connectivity index (χ4n) is 1.34. The highest BCUT2D eigenvalue weighted by molar-refractivity contribution is 5.80. The second kappa shape index (κ2) is 5.91. The van der Waals surface area contributed by atoms with Crippen LogP contribution in [-0.2, 0) is 14.3 Å². The number of carboxylic acids is 1. The van der Waals surface area contributed by atoms with Crippen LogP contribution in [0.25, 0.3) is 0 Å². The first-order chi connectivity index (χ1) is 8.03. The van der Waals surface area contributed by atoms with E-state index in [2.05, 4.69) is 4.74 Å². The maximum Gasteiger partial charge on any atom is 0.347 e. The Bertz CT molecular complexity index is 343. The normalized spacial score (nSPS) is 13.1. The summed E-state index contributed by atoms with van der Waals surface area (Å²) in [7, 11) is 1.10. The van der Waals surface area contributed by atoms with Gasteiger partial charge in [0.1, 0.15) is 5.54 Å². The molecule has 0 saturated heterocycles. The SMILES string of the molecule is COC(=O)C(C)(C)N(CC=CC(=O)O)C(O)(O)O. The lowest BCUT2D eigenvalue weighted by Gasteiger charge is -2.39. The van der Waals surface area contributed by atoms with E-state index >= 15 is 0 Å². The number of carbonyl (C=O) groups is 2. The Morgan fingerprint density at radius 2 is 1.78 bits per heavy atom. The molecule has 0 aliphatic heterocycles. The molecule has 0 aromatic carbocycles. The predicted octanol–water partition coefficient (Wildman–Crippen LogP) is -1.53. The van der Waals surface area contributed by atoms with Crippen molar-refractivity contribution in [3.8, 4) is 0 Å². The van der Waals surface area contributed by atoms with Crippen LogP contribution in [0.3, 0.4) is 0 Å². The molecule has 0 fully saturated rings. The molecule has 0 bridgehead atoms. The van der Waals surface area contributed by atoms with Gasteiger partial charge < -0.3 is 25.2 Å². The quantitative estimate of drug-likeness (QED) is 0.258. The lowest BCUT2D eigenvalue weighted by Crippen LogP contribution is -2.62. The summed E-state index contributed by atoms with van der Waals surface area (Å²) >= 11 is 0. The fraction of sp³-hybridized carbons (Fsp3) is 0.600. The first-order valence-electron chi connectivity index (χ1n) is 4.96. The molecule has 8 heteroatoms. The third-order valence-corrected chi connectivity index (χ3v) is 2.27. The van der Waals surface area contributed by atoms with E-state index in [1.807, 2.05) is 0 Å². The van der Waals surface area contributed by atoms with Gasteiger partial charge in [0.15, 0.2) is 0 Å². The Labute approximate surface area is 104 Å². The zero-order valence-corrected chi connectivity index (χ0v) is 10.3. The van der Waals surface area contributed by atoms with Gasteiger partial charge in [0, 0.05) is 12.6 Å². The summed E-state index contributed by atoms with van der Waals surface area (Å²) < 4.78 is 4.46. The molecule has 0 heterocycles. The van der Waals surface area contributed by atoms with Crippen molar-refractivity contribution in [3.63, 3.8) is 0 Å². The first kappa shape index (κ1) is 16.5. The van der Waals surface area contributed by atoms with Gasteiger partial charge in [-0.15, -0.1) is 0 Å². The van der Waals surface area contributed by atoms with Gasteiger partial charge in [0.25, 0.3) is 0 Å². The molecule has 0 unspecified atom stereocenters. The van der Waals surface area contributed by atoms with E-state index < -0.39 is 30.1 Å². The predicted molar refractivity (Wildman–Crippen MR) is 59.0 cm³/mol. The number of carboxylic acid groups (broad SMARTS) is 1. The molecular weight excluding hydrogens is 246 g/mol. The average Bonchev–Trinajstić information content (AvgIpc) is 2.20. The van der Waals surface area contributed by atoms with E-state index in [-0.39, 0.29) is 0 Å². The van der Waals surface area contributed by atoms with Gasteiger partial charge in [-0.25, -0.2) is 9.69 Å². The zero-order chi connectivity index (χ0) is 14.6. The topological polar surface area (TPSA) is 128 Å². The van der Waals surface area contributed by atoms with E-state index in [0.29, 0.717) is 4.90 Å². The summed E-state index contributed by atoms with van der Waals surface area (Å²) in [4.78, 5) is 22.3. The van der Waals surface area contributed by atoms with Crippen LogP contribution < -0.4 is 0 Å². The van der Waals surface area contributed by atoms with Gasteiger partial charge in [-0.3, -0.25) is 4.79 Å². The van der Waals surface area contributed by atoms with Gasteiger partial charge in [0.2, 0.25) is 0 Å². The minimum Gasteiger partial charge on any atom is -0.478 e. The summed E-state index contributed by atoms with van der Waals surface area (Å²) in [6.07, 6.45) is -1.50. The van der Waals surface area contributed by atoms with Gasteiger partial charge in [0.05, 0.1) is 7.11 Å². The Balaban J connectivity index is 5.13. The maximum absolute atomic E-state index is 11.5. The molecule has 0 spiro atoms. The fourth-order valence-corrected chi connectivity index (χ4v) is 1.34. The smallest absolute Gasteiger partial charge is 0.347 e. The van der Waals surface area contributed by atoms with Gasteiger partial charge in [-0.2, -0.15) is 0 Å².